The van der Waals surface area contributed by atoms with Crippen LogP contribution in [0.4, 0.5) is 0 Å². The lowest BCUT2D eigenvalue weighted by Gasteiger charge is -2.54. The maximum absolute atomic E-state index is 8.23. The summed E-state index contributed by atoms with van der Waals surface area (Å²) in [5.74, 6) is 1.71. The minimum Gasteiger partial charge on any atom is -0.451 e. The van der Waals surface area contributed by atoms with E-state index in [9.17, 15) is 0 Å². The molecule has 0 aromatic heterocycles. The number of ether oxygens (including phenoxy) is 2. The van der Waals surface area contributed by atoms with E-state index in [1.54, 1.807) is 0 Å². The van der Waals surface area contributed by atoms with Crippen molar-refractivity contribution < 1.29 is 9.47 Å². The van der Waals surface area contributed by atoms with Crippen LogP contribution in [0.15, 0.2) is 109 Å². The maximum atomic E-state index is 8.23. The quantitative estimate of drug-likeness (QED) is 0.155. The third-order valence-corrected chi connectivity index (χ3v) is 22.7. The van der Waals surface area contributed by atoms with Gasteiger partial charge < -0.3 is 9.47 Å². The highest BCUT2D eigenvalue weighted by Gasteiger charge is 2.58. The van der Waals surface area contributed by atoms with Gasteiger partial charge in [-0.1, -0.05) is 282 Å². The molecular formula is C76H102O2P2. The number of rotatable bonds is 6. The van der Waals surface area contributed by atoms with Gasteiger partial charge in [0.15, 0.2) is 0 Å². The van der Waals surface area contributed by atoms with Gasteiger partial charge in [-0.3, -0.25) is 0 Å². The molecule has 4 heteroatoms. The van der Waals surface area contributed by atoms with Gasteiger partial charge >= 0.3 is 0 Å². The normalized spacial score (nSPS) is 19.2. The second-order valence-corrected chi connectivity index (χ2v) is 37.3. The van der Waals surface area contributed by atoms with E-state index in [2.05, 4.69) is 275 Å². The first-order valence-corrected chi connectivity index (χ1v) is 33.2. The largest absolute Gasteiger partial charge is 0.451 e. The predicted octanol–water partition coefficient (Wildman–Crippen LogP) is 18.3. The van der Waals surface area contributed by atoms with Crippen molar-refractivity contribution in [3.63, 3.8) is 0 Å². The Hall–Kier alpha value is -4.22. The Labute approximate surface area is 490 Å². The summed E-state index contributed by atoms with van der Waals surface area (Å²) in [4.78, 5) is 0. The zero-order valence-corrected chi connectivity index (χ0v) is 56.1. The molecule has 2 nitrogen and oxygen atoms in total. The Morgan fingerprint density at radius 3 is 0.762 bits per heavy atom. The summed E-state index contributed by atoms with van der Waals surface area (Å²) < 4.78 is 16.5. The minimum atomic E-state index is -1.13. The molecule has 1 aliphatic carbocycles. The first kappa shape index (κ1) is 60.4. The molecule has 1 spiro atoms. The predicted molar refractivity (Wildman–Crippen MR) is 352 cm³/mol. The average Bonchev–Trinajstić information content (AvgIpc) is 3.33. The SMILES string of the molecule is CC(C)(C)c1cc(P(c2cc(C(C)(C)C)cc(C(C)(C)C)c2)c2cccc3c2OC24Oc5c(cccc5P(c5cc(C(C)(C)C)cc(C(C)(C)C)c5)c5cc(C(C)(C)C)cc(C(C)(C)C)c5)C[C@H]2CCCC4C3)cc(C(C)(C)C)c1. The lowest BCUT2D eigenvalue weighted by atomic mass is 9.68. The van der Waals surface area contributed by atoms with E-state index in [1.165, 1.54) is 93.9 Å². The van der Waals surface area contributed by atoms with Crippen LogP contribution in [0, 0.1) is 11.8 Å². The second-order valence-electron chi connectivity index (χ2n) is 32.9. The van der Waals surface area contributed by atoms with Crippen molar-refractivity contribution >= 4 is 47.7 Å². The Morgan fingerprint density at radius 1 is 0.325 bits per heavy atom. The summed E-state index contributed by atoms with van der Waals surface area (Å²) in [7, 11) is -2.25. The fraction of sp³-hybridized carbons (Fsp3) is 0.526. The van der Waals surface area contributed by atoms with E-state index in [-0.39, 0.29) is 55.2 Å². The summed E-state index contributed by atoms with van der Waals surface area (Å²) in [5.41, 5.74) is 13.4. The van der Waals surface area contributed by atoms with E-state index in [0.717, 1.165) is 37.2 Å². The molecule has 6 aromatic rings. The molecule has 0 N–H and O–H groups in total. The van der Waals surface area contributed by atoms with Crippen LogP contribution in [0.2, 0.25) is 0 Å². The number of benzene rings is 6. The zero-order chi connectivity index (χ0) is 58.9. The van der Waals surface area contributed by atoms with E-state index in [1.807, 2.05) is 0 Å². The van der Waals surface area contributed by atoms with Gasteiger partial charge in [-0.25, -0.2) is 0 Å². The van der Waals surface area contributed by atoms with Crippen LogP contribution < -0.4 is 41.3 Å². The summed E-state index contributed by atoms with van der Waals surface area (Å²) in [6, 6.07) is 44.8. The first-order valence-electron chi connectivity index (χ1n) is 30.5. The third kappa shape index (κ3) is 12.1. The third-order valence-electron chi connectivity index (χ3n) is 18.0. The van der Waals surface area contributed by atoms with Gasteiger partial charge in [-0.15, -0.1) is 0 Å². The van der Waals surface area contributed by atoms with E-state index in [0.29, 0.717) is 0 Å². The molecule has 0 radical (unpaired) electrons. The number of para-hydroxylation sites is 2. The van der Waals surface area contributed by atoms with Crippen molar-refractivity contribution in [1.82, 2.24) is 0 Å². The van der Waals surface area contributed by atoms with Gasteiger partial charge in [0.2, 0.25) is 0 Å². The first-order chi connectivity index (χ1) is 36.6. The highest BCUT2D eigenvalue weighted by molar-refractivity contribution is 7.80. The van der Waals surface area contributed by atoms with Gasteiger partial charge in [-0.05, 0) is 162 Å². The minimum absolute atomic E-state index is 0.0415. The molecule has 80 heavy (non-hydrogen) atoms. The highest BCUT2D eigenvalue weighted by atomic mass is 31.1. The molecule has 2 aliphatic heterocycles. The Kier molecular flexibility index (Phi) is 15.5. The Bertz CT molecular complexity index is 2790. The van der Waals surface area contributed by atoms with Crippen LogP contribution in [-0.4, -0.2) is 5.79 Å². The van der Waals surface area contributed by atoms with E-state index in [4.69, 9.17) is 9.47 Å². The summed E-state index contributed by atoms with van der Waals surface area (Å²) in [5, 5.41) is 8.17. The summed E-state index contributed by atoms with van der Waals surface area (Å²) >= 11 is 0. The fourth-order valence-corrected chi connectivity index (χ4v) is 17.5. The molecule has 2 unspecified atom stereocenters. The lowest BCUT2D eigenvalue weighted by Crippen LogP contribution is -2.62. The van der Waals surface area contributed by atoms with Crippen molar-refractivity contribution in [2.75, 3.05) is 0 Å². The smallest absolute Gasteiger partial charge is 0.257 e. The second kappa shape index (κ2) is 20.5. The molecule has 6 aromatic carbocycles. The van der Waals surface area contributed by atoms with Gasteiger partial charge in [0.1, 0.15) is 11.5 Å². The molecule has 3 aliphatic rings. The van der Waals surface area contributed by atoms with Crippen LogP contribution in [0.5, 0.6) is 11.5 Å². The molecule has 2 heterocycles. The molecule has 428 valence electrons. The van der Waals surface area contributed by atoms with Crippen LogP contribution in [0.1, 0.15) is 241 Å². The monoisotopic (exact) mass is 1110 g/mol. The fourth-order valence-electron chi connectivity index (χ4n) is 12.4. The van der Waals surface area contributed by atoms with Crippen molar-refractivity contribution in [2.24, 2.45) is 11.8 Å². The van der Waals surface area contributed by atoms with Crippen molar-refractivity contribution in [3.8, 4) is 11.5 Å². The standard InChI is InChI=1S/C76H102O2P2/c1-68(2,3)52-36-53(69(4,5)6)41-60(40-52)79(61-42-54(70(7,8)9)37-55(43-61)71(10,11)12)64-32-25-28-48-34-50-30-27-31-51-35-49-29-26-33-65(67(49)78-76(50,51)77-66(48)64)80(62-44-56(72(13,14)15)38-57(45-62)73(16,17)18)63-46-58(74(19,20)21)39-59(47-63)75(22,23)24/h25-26,28-29,32-33,36-47,50-51H,27,30-31,34-35H2,1-24H3/t50-,51?,76?/m1/s1. The van der Waals surface area contributed by atoms with Crippen LogP contribution >= 0.6 is 15.8 Å². The van der Waals surface area contributed by atoms with Crippen molar-refractivity contribution in [2.45, 2.75) is 247 Å². The summed E-state index contributed by atoms with van der Waals surface area (Å²) in [6.07, 6.45) is 5.21. The number of hydrogen-bond donors (Lipinski definition) is 0. The molecule has 1 fully saturated rings. The van der Waals surface area contributed by atoms with E-state index < -0.39 is 21.6 Å². The lowest BCUT2D eigenvalue weighted by molar-refractivity contribution is -0.225. The summed E-state index contributed by atoms with van der Waals surface area (Å²) in [6.45, 7) is 57.1. The molecule has 1 saturated carbocycles. The Balaban J connectivity index is 1.31. The topological polar surface area (TPSA) is 18.5 Å². The zero-order valence-electron chi connectivity index (χ0n) is 54.3. The van der Waals surface area contributed by atoms with Gasteiger partial charge in [0.25, 0.3) is 5.79 Å². The molecule has 0 saturated heterocycles. The van der Waals surface area contributed by atoms with Gasteiger partial charge in [0.05, 0.1) is 0 Å². The molecule has 0 amide bonds. The number of fused-ring (bicyclic) bond motifs is 2. The highest BCUT2D eigenvalue weighted by Crippen LogP contribution is 2.56. The average molecular weight is 1110 g/mol. The number of hydrogen-bond acceptors (Lipinski definition) is 2. The van der Waals surface area contributed by atoms with Crippen LogP contribution in [0.3, 0.4) is 0 Å². The van der Waals surface area contributed by atoms with Gasteiger partial charge in [-0.2, -0.15) is 0 Å². The Morgan fingerprint density at radius 2 is 0.550 bits per heavy atom. The van der Waals surface area contributed by atoms with Crippen molar-refractivity contribution in [1.29, 1.82) is 0 Å². The van der Waals surface area contributed by atoms with Crippen LogP contribution in [-0.2, 0) is 56.2 Å². The maximum Gasteiger partial charge on any atom is 0.257 e. The van der Waals surface area contributed by atoms with Crippen LogP contribution in [0.25, 0.3) is 0 Å². The molecule has 9 rings (SSSR count). The van der Waals surface area contributed by atoms with Crippen molar-refractivity contribution in [3.05, 3.63) is 165 Å². The van der Waals surface area contributed by atoms with Gasteiger partial charge in [0, 0.05) is 22.4 Å². The molecular weight excluding hydrogens is 1010 g/mol. The molecule has 0 bridgehead atoms. The van der Waals surface area contributed by atoms with E-state index >= 15 is 0 Å². The molecule has 3 atom stereocenters.